The lowest BCUT2D eigenvalue weighted by Gasteiger charge is -2.17. The number of aromatic nitrogens is 1. The van der Waals surface area contributed by atoms with Gasteiger partial charge in [0.25, 0.3) is 0 Å². The molecule has 4 heteroatoms. The van der Waals surface area contributed by atoms with Crippen LogP contribution in [0.1, 0.15) is 0 Å². The first-order chi connectivity index (χ1) is 7.66. The molecule has 0 aliphatic rings. The number of nitrogens with zero attached hydrogens (tertiary/aromatic N) is 2. The quantitative estimate of drug-likeness (QED) is 0.723. The Balaban J connectivity index is 2.35. The molecule has 0 atom stereocenters. The Hall–Kier alpha value is -1.97. The maximum Gasteiger partial charge on any atom is 0.214 e. The van der Waals surface area contributed by atoms with Crippen molar-refractivity contribution in [3.05, 3.63) is 54.2 Å². The summed E-state index contributed by atoms with van der Waals surface area (Å²) in [5, 5.41) is 0. The van der Waals surface area contributed by atoms with E-state index in [0.717, 1.165) is 0 Å². The first-order valence-electron chi connectivity index (χ1n) is 4.78. The molecule has 0 amide bonds. The number of rotatable bonds is 2. The van der Waals surface area contributed by atoms with E-state index in [9.17, 15) is 8.78 Å². The number of hydrogen-bond donors (Lipinski definition) is 0. The van der Waals surface area contributed by atoms with Gasteiger partial charge in [0, 0.05) is 12.7 Å². The molecular formula is C12H10F2N2. The molecule has 0 saturated heterocycles. The number of benzene rings is 1. The molecule has 0 N–H and O–H groups in total. The van der Waals surface area contributed by atoms with Crippen molar-refractivity contribution in [2.24, 2.45) is 0 Å². The second-order valence-corrected chi connectivity index (χ2v) is 3.36. The van der Waals surface area contributed by atoms with E-state index in [2.05, 4.69) is 4.98 Å². The Morgan fingerprint density at radius 2 is 1.81 bits per heavy atom. The molecule has 2 nitrogen and oxygen atoms in total. The summed E-state index contributed by atoms with van der Waals surface area (Å²) >= 11 is 0. The normalized spacial score (nSPS) is 10.2. The summed E-state index contributed by atoms with van der Waals surface area (Å²) in [6.07, 6.45) is 0. The third-order valence-corrected chi connectivity index (χ3v) is 2.24. The van der Waals surface area contributed by atoms with Crippen LogP contribution in [0.15, 0.2) is 42.5 Å². The van der Waals surface area contributed by atoms with Crippen molar-refractivity contribution in [3.8, 4) is 0 Å². The molecule has 0 aliphatic carbocycles. The van der Waals surface area contributed by atoms with Crippen LogP contribution in [0.25, 0.3) is 0 Å². The highest BCUT2D eigenvalue weighted by Crippen LogP contribution is 2.21. The lowest BCUT2D eigenvalue weighted by molar-refractivity contribution is 0.584. The number of halogens is 2. The Morgan fingerprint density at radius 1 is 1.06 bits per heavy atom. The third kappa shape index (κ3) is 2.16. The monoisotopic (exact) mass is 220 g/mol. The van der Waals surface area contributed by atoms with Gasteiger partial charge in [0.2, 0.25) is 5.95 Å². The van der Waals surface area contributed by atoms with Crippen LogP contribution < -0.4 is 4.90 Å². The van der Waals surface area contributed by atoms with Crippen LogP contribution in [-0.2, 0) is 0 Å². The first-order valence-corrected chi connectivity index (χ1v) is 4.78. The molecule has 2 aromatic rings. The van der Waals surface area contributed by atoms with Gasteiger partial charge in [-0.25, -0.2) is 9.37 Å². The minimum Gasteiger partial charge on any atom is -0.329 e. The topological polar surface area (TPSA) is 16.1 Å². The highest BCUT2D eigenvalue weighted by molar-refractivity contribution is 5.58. The van der Waals surface area contributed by atoms with E-state index in [-0.39, 0.29) is 5.82 Å². The minimum absolute atomic E-state index is 0.333. The zero-order chi connectivity index (χ0) is 11.5. The second kappa shape index (κ2) is 4.26. The van der Waals surface area contributed by atoms with Crippen molar-refractivity contribution in [1.82, 2.24) is 4.98 Å². The molecule has 0 bridgehead atoms. The molecule has 0 aliphatic heterocycles. The lowest BCUT2D eigenvalue weighted by atomic mass is 10.3. The summed E-state index contributed by atoms with van der Waals surface area (Å²) in [7, 11) is 1.70. The van der Waals surface area contributed by atoms with Crippen LogP contribution in [0.5, 0.6) is 0 Å². The highest BCUT2D eigenvalue weighted by Gasteiger charge is 2.06. The fraction of sp³-hybridized carbons (Fsp3) is 0.0833. The summed E-state index contributed by atoms with van der Waals surface area (Å²) in [6, 6.07) is 10.5. The Morgan fingerprint density at radius 3 is 2.50 bits per heavy atom. The molecule has 0 radical (unpaired) electrons. The van der Waals surface area contributed by atoms with Gasteiger partial charge in [-0.15, -0.1) is 0 Å². The van der Waals surface area contributed by atoms with Gasteiger partial charge in [0.05, 0.1) is 0 Å². The fourth-order valence-electron chi connectivity index (χ4n) is 1.40. The van der Waals surface area contributed by atoms with Crippen LogP contribution in [-0.4, -0.2) is 12.0 Å². The van der Waals surface area contributed by atoms with Crippen LogP contribution in [0.4, 0.5) is 20.3 Å². The van der Waals surface area contributed by atoms with Crippen LogP contribution in [0.3, 0.4) is 0 Å². The summed E-state index contributed by atoms with van der Waals surface area (Å²) in [5.74, 6) is -0.452. The minimum atomic E-state index is -0.555. The Kier molecular flexibility index (Phi) is 2.81. The van der Waals surface area contributed by atoms with Crippen molar-refractivity contribution >= 4 is 11.5 Å². The number of hydrogen-bond acceptors (Lipinski definition) is 2. The van der Waals surface area contributed by atoms with E-state index >= 15 is 0 Å². The molecule has 0 saturated carbocycles. The van der Waals surface area contributed by atoms with Crippen molar-refractivity contribution in [2.45, 2.75) is 0 Å². The van der Waals surface area contributed by atoms with Crippen molar-refractivity contribution < 1.29 is 8.78 Å². The van der Waals surface area contributed by atoms with E-state index in [1.165, 1.54) is 18.2 Å². The zero-order valence-electron chi connectivity index (χ0n) is 8.69. The maximum atomic E-state index is 13.0. The summed E-state index contributed by atoms with van der Waals surface area (Å²) < 4.78 is 25.9. The third-order valence-electron chi connectivity index (χ3n) is 2.24. The van der Waals surface area contributed by atoms with Gasteiger partial charge in [0.1, 0.15) is 11.6 Å². The fourth-order valence-corrected chi connectivity index (χ4v) is 1.40. The van der Waals surface area contributed by atoms with Crippen molar-refractivity contribution in [2.75, 3.05) is 11.9 Å². The molecule has 0 unspecified atom stereocenters. The highest BCUT2D eigenvalue weighted by atomic mass is 19.1. The molecule has 2 rings (SSSR count). The van der Waals surface area contributed by atoms with Gasteiger partial charge in [-0.2, -0.15) is 4.39 Å². The molecule has 0 spiro atoms. The van der Waals surface area contributed by atoms with E-state index in [0.29, 0.717) is 11.5 Å². The van der Waals surface area contributed by atoms with Crippen LogP contribution >= 0.6 is 0 Å². The van der Waals surface area contributed by atoms with E-state index < -0.39 is 5.95 Å². The maximum absolute atomic E-state index is 13.0. The lowest BCUT2D eigenvalue weighted by Crippen LogP contribution is -2.11. The zero-order valence-corrected chi connectivity index (χ0v) is 8.69. The average molecular weight is 220 g/mol. The van der Waals surface area contributed by atoms with Gasteiger partial charge >= 0.3 is 0 Å². The molecule has 1 heterocycles. The van der Waals surface area contributed by atoms with Gasteiger partial charge in [-0.1, -0.05) is 12.1 Å². The van der Waals surface area contributed by atoms with E-state index in [4.69, 9.17) is 0 Å². The molecule has 1 aromatic carbocycles. The first kappa shape index (κ1) is 10.5. The van der Waals surface area contributed by atoms with Gasteiger partial charge < -0.3 is 4.90 Å². The van der Waals surface area contributed by atoms with Gasteiger partial charge in [0.15, 0.2) is 0 Å². The van der Waals surface area contributed by atoms with Gasteiger partial charge in [-0.3, -0.25) is 0 Å². The standard InChI is InChI=1S/C12H10F2N2/c1-16(10-5-2-4-9(13)8-10)12-7-3-6-11(14)15-12/h2-8H,1H3. The molecular weight excluding hydrogens is 210 g/mol. The summed E-state index contributed by atoms with van der Waals surface area (Å²) in [5.41, 5.74) is 0.623. The number of anilines is 2. The molecule has 82 valence electrons. The average Bonchev–Trinajstić information content (AvgIpc) is 2.28. The van der Waals surface area contributed by atoms with Gasteiger partial charge in [-0.05, 0) is 30.3 Å². The Labute approximate surface area is 92.2 Å². The molecule has 16 heavy (non-hydrogen) atoms. The van der Waals surface area contributed by atoms with Crippen molar-refractivity contribution in [1.29, 1.82) is 0 Å². The van der Waals surface area contributed by atoms with E-state index in [1.54, 1.807) is 36.2 Å². The smallest absolute Gasteiger partial charge is 0.214 e. The Bertz CT molecular complexity index is 454. The van der Waals surface area contributed by atoms with E-state index in [1.807, 2.05) is 0 Å². The number of pyridine rings is 1. The second-order valence-electron chi connectivity index (χ2n) is 3.36. The largest absolute Gasteiger partial charge is 0.329 e. The predicted molar refractivity (Wildman–Crippen MR) is 58.7 cm³/mol. The van der Waals surface area contributed by atoms with Crippen molar-refractivity contribution in [3.63, 3.8) is 0 Å². The molecule has 0 fully saturated rings. The summed E-state index contributed by atoms with van der Waals surface area (Å²) in [6.45, 7) is 0. The summed E-state index contributed by atoms with van der Waals surface area (Å²) in [4.78, 5) is 5.33. The predicted octanol–water partition coefficient (Wildman–Crippen LogP) is 3.13. The van der Waals surface area contributed by atoms with Crippen LogP contribution in [0.2, 0.25) is 0 Å². The molecule has 1 aromatic heterocycles. The SMILES string of the molecule is CN(c1cccc(F)c1)c1cccc(F)n1. The van der Waals surface area contributed by atoms with Crippen LogP contribution in [0, 0.1) is 11.8 Å².